The predicted molar refractivity (Wildman–Crippen MR) is 83.6 cm³/mol. The molecule has 3 aromatic rings. The largest absolute Gasteiger partial charge is 0.490 e. The van der Waals surface area contributed by atoms with Gasteiger partial charge in [0.05, 0.1) is 6.26 Å². The van der Waals surface area contributed by atoms with Gasteiger partial charge in [0.15, 0.2) is 5.76 Å². The van der Waals surface area contributed by atoms with Crippen LogP contribution in [0.4, 0.5) is 0 Å². The van der Waals surface area contributed by atoms with Crippen LogP contribution >= 0.6 is 0 Å². The van der Waals surface area contributed by atoms with Crippen LogP contribution in [-0.2, 0) is 17.8 Å². The molecule has 0 bridgehead atoms. The van der Waals surface area contributed by atoms with Gasteiger partial charge in [0.2, 0.25) is 5.76 Å². The van der Waals surface area contributed by atoms with Crippen LogP contribution in [0, 0.1) is 0 Å². The van der Waals surface area contributed by atoms with E-state index in [4.69, 9.17) is 18.4 Å². The van der Waals surface area contributed by atoms with Crippen molar-refractivity contribution in [1.29, 1.82) is 0 Å². The van der Waals surface area contributed by atoms with Gasteiger partial charge < -0.3 is 18.4 Å². The summed E-state index contributed by atoms with van der Waals surface area (Å²) >= 11 is 0. The van der Waals surface area contributed by atoms with Crippen LogP contribution in [-0.4, -0.2) is 17.2 Å². The lowest BCUT2D eigenvalue weighted by molar-refractivity contribution is 0.0428. The molecule has 1 atom stereocenters. The van der Waals surface area contributed by atoms with Gasteiger partial charge in [0, 0.05) is 18.1 Å². The molecule has 122 valence electrons. The number of aromatic nitrogens is 1. The molecule has 0 amide bonds. The maximum Gasteiger partial charge on any atom is 0.374 e. The highest BCUT2D eigenvalue weighted by Gasteiger charge is 2.20. The van der Waals surface area contributed by atoms with E-state index in [1.54, 1.807) is 18.2 Å². The van der Waals surface area contributed by atoms with Crippen molar-refractivity contribution in [3.8, 4) is 17.1 Å². The quantitative estimate of drug-likeness (QED) is 0.682. The molecule has 3 heterocycles. The number of nitrogens with zero attached hydrogens (tertiary/aromatic N) is 1. The van der Waals surface area contributed by atoms with Crippen molar-refractivity contribution in [3.63, 3.8) is 0 Å². The molecule has 0 aliphatic carbocycles. The van der Waals surface area contributed by atoms with Gasteiger partial charge in [-0.15, -0.1) is 0 Å². The normalized spacial score (nSPS) is 15.8. The zero-order chi connectivity index (χ0) is 16.5. The molecule has 1 aliphatic rings. The summed E-state index contributed by atoms with van der Waals surface area (Å²) in [6.45, 7) is 2.06. The number of fused-ring (bicyclic) bond motifs is 1. The van der Waals surface area contributed by atoms with Gasteiger partial charge in [-0.1, -0.05) is 5.16 Å². The van der Waals surface area contributed by atoms with Crippen molar-refractivity contribution in [1.82, 2.24) is 5.16 Å². The number of ether oxygens (including phenoxy) is 2. The number of hydrogen-bond acceptors (Lipinski definition) is 6. The Kier molecular flexibility index (Phi) is 3.57. The summed E-state index contributed by atoms with van der Waals surface area (Å²) in [6, 6.07) is 10.8. The molecule has 0 saturated heterocycles. The predicted octanol–water partition coefficient (Wildman–Crippen LogP) is 3.62. The van der Waals surface area contributed by atoms with Crippen LogP contribution in [0.3, 0.4) is 0 Å². The van der Waals surface area contributed by atoms with Crippen LogP contribution in [0.2, 0.25) is 0 Å². The van der Waals surface area contributed by atoms with Crippen molar-refractivity contribution in [3.05, 3.63) is 59.7 Å². The summed E-state index contributed by atoms with van der Waals surface area (Å²) < 4.78 is 21.2. The first kappa shape index (κ1) is 14.6. The van der Waals surface area contributed by atoms with E-state index in [-0.39, 0.29) is 18.5 Å². The van der Waals surface area contributed by atoms with E-state index >= 15 is 0 Å². The van der Waals surface area contributed by atoms with Gasteiger partial charge in [-0.25, -0.2) is 4.79 Å². The van der Waals surface area contributed by atoms with Crippen LogP contribution < -0.4 is 4.74 Å². The molecule has 0 unspecified atom stereocenters. The average Bonchev–Trinajstić information content (AvgIpc) is 3.31. The van der Waals surface area contributed by atoms with Crippen molar-refractivity contribution in [2.75, 3.05) is 0 Å². The first-order valence-corrected chi connectivity index (χ1v) is 7.65. The van der Waals surface area contributed by atoms with Gasteiger partial charge in [-0.3, -0.25) is 0 Å². The highest BCUT2D eigenvalue weighted by atomic mass is 16.5. The highest BCUT2D eigenvalue weighted by molar-refractivity contribution is 5.86. The van der Waals surface area contributed by atoms with Gasteiger partial charge in [-0.2, -0.15) is 0 Å². The Bertz CT molecular complexity index is 865. The number of esters is 1. The van der Waals surface area contributed by atoms with E-state index in [0.717, 1.165) is 23.3 Å². The van der Waals surface area contributed by atoms with E-state index in [1.165, 1.54) is 6.26 Å². The van der Waals surface area contributed by atoms with Gasteiger partial charge in [-0.05, 0) is 42.8 Å². The monoisotopic (exact) mass is 325 g/mol. The van der Waals surface area contributed by atoms with Crippen LogP contribution in [0.5, 0.6) is 5.75 Å². The molecule has 0 radical (unpaired) electrons. The summed E-state index contributed by atoms with van der Waals surface area (Å²) in [5.41, 5.74) is 2.61. The summed E-state index contributed by atoms with van der Waals surface area (Å²) in [5.74, 6) is 1.17. The maximum atomic E-state index is 11.7. The molecule has 1 aromatic carbocycles. The van der Waals surface area contributed by atoms with Gasteiger partial charge in [0.25, 0.3) is 0 Å². The number of carbonyl (C=O) groups excluding carboxylic acids is 1. The Labute approximate surface area is 138 Å². The average molecular weight is 325 g/mol. The fourth-order valence-electron chi connectivity index (χ4n) is 2.70. The lowest BCUT2D eigenvalue weighted by Crippen LogP contribution is -2.05. The summed E-state index contributed by atoms with van der Waals surface area (Å²) in [6.07, 6.45) is 2.50. The number of furan rings is 1. The van der Waals surface area contributed by atoms with E-state index in [2.05, 4.69) is 5.16 Å². The number of benzene rings is 1. The standard InChI is InChI=1S/C18H15NO5/c1-11-7-13-8-12(4-5-15(13)23-11)17-9-14(19-24-17)10-22-18(20)16-3-2-6-21-16/h2-6,8-9,11H,7,10H2,1H3/t11-/m0/s1. The first-order valence-electron chi connectivity index (χ1n) is 7.65. The van der Waals surface area contributed by atoms with Crippen molar-refractivity contribution < 1.29 is 23.2 Å². The van der Waals surface area contributed by atoms with Crippen LogP contribution in [0.15, 0.2) is 51.6 Å². The molecular formula is C18H15NO5. The maximum absolute atomic E-state index is 11.7. The van der Waals surface area contributed by atoms with Gasteiger partial charge in [0.1, 0.15) is 24.2 Å². The highest BCUT2D eigenvalue weighted by Crippen LogP contribution is 2.33. The molecule has 0 saturated carbocycles. The summed E-state index contributed by atoms with van der Waals surface area (Å²) in [4.78, 5) is 11.7. The third kappa shape index (κ3) is 2.78. The molecule has 6 nitrogen and oxygen atoms in total. The molecular weight excluding hydrogens is 310 g/mol. The van der Waals surface area contributed by atoms with E-state index in [9.17, 15) is 4.79 Å². The SMILES string of the molecule is C[C@H]1Cc2cc(-c3cc(COC(=O)c4ccco4)no3)ccc2O1. The molecule has 1 aliphatic heterocycles. The second kappa shape index (κ2) is 5.88. The lowest BCUT2D eigenvalue weighted by atomic mass is 10.1. The van der Waals surface area contributed by atoms with Gasteiger partial charge >= 0.3 is 5.97 Å². The fraction of sp³-hybridized carbons (Fsp3) is 0.222. The molecule has 0 fully saturated rings. The van der Waals surface area contributed by atoms with Crippen molar-refractivity contribution >= 4 is 5.97 Å². The minimum absolute atomic E-state index is 0.0219. The second-order valence-electron chi connectivity index (χ2n) is 5.69. The smallest absolute Gasteiger partial charge is 0.374 e. The fourth-order valence-corrected chi connectivity index (χ4v) is 2.70. The van der Waals surface area contributed by atoms with Crippen LogP contribution in [0.1, 0.15) is 28.7 Å². The van der Waals surface area contributed by atoms with E-state index in [0.29, 0.717) is 11.5 Å². The molecule has 4 rings (SSSR count). The number of rotatable bonds is 4. The Morgan fingerprint density at radius 2 is 2.25 bits per heavy atom. The molecule has 6 heteroatoms. The van der Waals surface area contributed by atoms with Crippen LogP contribution in [0.25, 0.3) is 11.3 Å². The Hall–Kier alpha value is -3.02. The Balaban J connectivity index is 1.45. The molecule has 24 heavy (non-hydrogen) atoms. The van der Waals surface area contributed by atoms with E-state index < -0.39 is 5.97 Å². The number of carbonyl (C=O) groups is 1. The minimum atomic E-state index is -0.534. The summed E-state index contributed by atoms with van der Waals surface area (Å²) in [5, 5.41) is 3.94. The Morgan fingerprint density at radius 1 is 1.33 bits per heavy atom. The molecule has 0 N–H and O–H groups in total. The summed E-state index contributed by atoms with van der Waals surface area (Å²) in [7, 11) is 0. The van der Waals surface area contributed by atoms with Crippen molar-refractivity contribution in [2.24, 2.45) is 0 Å². The second-order valence-corrected chi connectivity index (χ2v) is 5.69. The zero-order valence-electron chi connectivity index (χ0n) is 13.0. The Morgan fingerprint density at radius 3 is 3.08 bits per heavy atom. The molecule has 0 spiro atoms. The zero-order valence-corrected chi connectivity index (χ0v) is 13.0. The van der Waals surface area contributed by atoms with Crippen molar-refractivity contribution in [2.45, 2.75) is 26.1 Å². The topological polar surface area (TPSA) is 74.7 Å². The third-order valence-electron chi connectivity index (χ3n) is 3.81. The first-order chi connectivity index (χ1) is 11.7. The lowest BCUT2D eigenvalue weighted by Gasteiger charge is -2.02. The molecule has 2 aromatic heterocycles. The minimum Gasteiger partial charge on any atom is -0.490 e. The third-order valence-corrected chi connectivity index (χ3v) is 3.81. The number of hydrogen-bond donors (Lipinski definition) is 0. The van der Waals surface area contributed by atoms with E-state index in [1.807, 2.05) is 25.1 Å².